The van der Waals surface area contributed by atoms with Crippen molar-refractivity contribution < 1.29 is 14.0 Å². The lowest BCUT2D eigenvalue weighted by Gasteiger charge is -2.35. The summed E-state index contributed by atoms with van der Waals surface area (Å²) in [6, 6.07) is 0. The van der Waals surface area contributed by atoms with Crippen molar-refractivity contribution in [3.8, 4) is 11.8 Å². The summed E-state index contributed by atoms with van der Waals surface area (Å²) in [6.45, 7) is 12.7. The van der Waals surface area contributed by atoms with Gasteiger partial charge in [-0.3, -0.25) is 0 Å². The molecule has 0 N–H and O–H groups in total. The summed E-state index contributed by atoms with van der Waals surface area (Å²) in [4.78, 5) is 11.0. The van der Waals surface area contributed by atoms with E-state index < -0.39 is 5.97 Å². The van der Waals surface area contributed by atoms with Crippen LogP contribution in [-0.2, 0) is 9.53 Å². The molecule has 15 heavy (non-hydrogen) atoms. The van der Waals surface area contributed by atoms with Crippen LogP contribution < -0.4 is 0 Å². The largest absolute Gasteiger partial charge is 0.450 e. The van der Waals surface area contributed by atoms with Gasteiger partial charge in [-0.25, -0.2) is 4.79 Å². The van der Waals surface area contributed by atoms with Crippen LogP contribution in [-0.4, -0.2) is 43.2 Å². The molecule has 0 aliphatic heterocycles. The zero-order valence-electron chi connectivity index (χ0n) is 10.3. The third-order valence-electron chi connectivity index (χ3n) is 3.04. The molecule has 86 valence electrons. The van der Waals surface area contributed by atoms with Gasteiger partial charge in [0, 0.05) is 5.92 Å². The number of quaternary nitrogens is 1. The zero-order valence-corrected chi connectivity index (χ0v) is 10.3. The van der Waals surface area contributed by atoms with Crippen molar-refractivity contribution in [2.45, 2.75) is 27.7 Å². The summed E-state index contributed by atoms with van der Waals surface area (Å²) in [6.07, 6.45) is 0. The minimum Gasteiger partial charge on any atom is -0.450 e. The Bertz CT molecular complexity index is 238. The normalized spacial score (nSPS) is 10.4. The van der Waals surface area contributed by atoms with Crippen LogP contribution in [0.2, 0.25) is 0 Å². The third kappa shape index (κ3) is 4.85. The Morgan fingerprint density at radius 1 is 1.20 bits per heavy atom. The quantitative estimate of drug-likeness (QED) is 0.288. The van der Waals surface area contributed by atoms with Crippen LogP contribution in [0.3, 0.4) is 0 Å². The van der Waals surface area contributed by atoms with Crippen LogP contribution in [0.5, 0.6) is 0 Å². The molecule has 3 nitrogen and oxygen atoms in total. The van der Waals surface area contributed by atoms with E-state index in [0.29, 0.717) is 6.61 Å². The van der Waals surface area contributed by atoms with Gasteiger partial charge in [0.15, 0.2) is 0 Å². The molecule has 0 aliphatic rings. The van der Waals surface area contributed by atoms with E-state index in [2.05, 4.69) is 32.6 Å². The second-order valence-corrected chi connectivity index (χ2v) is 3.52. The Morgan fingerprint density at radius 2 is 1.73 bits per heavy atom. The van der Waals surface area contributed by atoms with E-state index in [0.717, 1.165) is 30.7 Å². The Kier molecular flexibility index (Phi) is 6.81. The van der Waals surface area contributed by atoms with Crippen LogP contribution in [0.4, 0.5) is 0 Å². The molecule has 0 amide bonds. The average Bonchev–Trinajstić information content (AvgIpc) is 2.25. The monoisotopic (exact) mass is 212 g/mol. The minimum absolute atomic E-state index is 0.418. The molecule has 0 atom stereocenters. The molecule has 0 bridgehead atoms. The predicted octanol–water partition coefficient (Wildman–Crippen LogP) is 1.43. The van der Waals surface area contributed by atoms with Crippen molar-refractivity contribution in [2.75, 3.05) is 32.8 Å². The van der Waals surface area contributed by atoms with E-state index in [-0.39, 0.29) is 0 Å². The standard InChI is InChI=1S/C12H22NO2/c1-5-9-12(14)15-11-10-13(6-2,7-3)8-4/h6-8,10-11H2,1-4H3/q+1. The second-order valence-electron chi connectivity index (χ2n) is 3.52. The maximum atomic E-state index is 11.0. The summed E-state index contributed by atoms with van der Waals surface area (Å²) < 4.78 is 6.01. The van der Waals surface area contributed by atoms with E-state index in [1.807, 2.05) is 0 Å². The molecule has 0 aromatic rings. The molecule has 0 unspecified atom stereocenters. The summed E-state index contributed by atoms with van der Waals surface area (Å²) in [5.74, 6) is 4.48. The summed E-state index contributed by atoms with van der Waals surface area (Å²) >= 11 is 0. The molecular formula is C12H22NO2+. The first kappa shape index (κ1) is 14.0. The van der Waals surface area contributed by atoms with Crippen molar-refractivity contribution in [1.82, 2.24) is 0 Å². The van der Waals surface area contributed by atoms with Gasteiger partial charge < -0.3 is 9.22 Å². The first-order chi connectivity index (χ1) is 7.14. The Hall–Kier alpha value is -1.01. The first-order valence-electron chi connectivity index (χ1n) is 5.58. The van der Waals surface area contributed by atoms with Crippen LogP contribution in [0.1, 0.15) is 27.7 Å². The minimum atomic E-state index is -0.418. The molecule has 0 heterocycles. The van der Waals surface area contributed by atoms with Crippen LogP contribution in [0.25, 0.3) is 0 Å². The average molecular weight is 212 g/mol. The second kappa shape index (κ2) is 7.30. The van der Waals surface area contributed by atoms with Gasteiger partial charge in [-0.2, -0.15) is 0 Å². The number of hydrogen-bond donors (Lipinski definition) is 0. The van der Waals surface area contributed by atoms with Crippen LogP contribution in [0.15, 0.2) is 0 Å². The maximum Gasteiger partial charge on any atom is 0.384 e. The Labute approximate surface area is 93.0 Å². The molecule has 0 fully saturated rings. The Morgan fingerprint density at radius 3 is 2.13 bits per heavy atom. The number of carbonyl (C=O) groups excluding carboxylic acids is 1. The Balaban J connectivity index is 3.99. The van der Waals surface area contributed by atoms with Crippen molar-refractivity contribution in [3.05, 3.63) is 0 Å². The molecule has 0 radical (unpaired) electrons. The highest BCUT2D eigenvalue weighted by molar-refractivity contribution is 5.88. The van der Waals surface area contributed by atoms with Crippen molar-refractivity contribution in [1.29, 1.82) is 0 Å². The van der Waals surface area contributed by atoms with Gasteiger partial charge in [0.2, 0.25) is 0 Å². The number of hydrogen-bond acceptors (Lipinski definition) is 2. The lowest BCUT2D eigenvalue weighted by atomic mass is 10.3. The van der Waals surface area contributed by atoms with Crippen molar-refractivity contribution >= 4 is 5.97 Å². The molecule has 0 saturated heterocycles. The highest BCUT2D eigenvalue weighted by Crippen LogP contribution is 2.04. The van der Waals surface area contributed by atoms with Gasteiger partial charge in [0.1, 0.15) is 13.2 Å². The molecule has 0 spiro atoms. The van der Waals surface area contributed by atoms with E-state index in [9.17, 15) is 4.79 Å². The molecule has 0 aromatic carbocycles. The molecule has 0 saturated carbocycles. The fraction of sp³-hybridized carbons (Fsp3) is 0.750. The number of esters is 1. The number of nitrogens with zero attached hydrogens (tertiary/aromatic N) is 1. The highest BCUT2D eigenvalue weighted by atomic mass is 16.5. The SMILES string of the molecule is CC#CC(=O)OCC[N+](CC)(CC)CC. The lowest BCUT2D eigenvalue weighted by Crippen LogP contribution is -2.49. The summed E-state index contributed by atoms with van der Waals surface area (Å²) in [7, 11) is 0. The number of ether oxygens (including phenoxy) is 1. The molecule has 0 aliphatic carbocycles. The highest BCUT2D eigenvalue weighted by Gasteiger charge is 2.20. The first-order valence-corrected chi connectivity index (χ1v) is 5.58. The smallest absolute Gasteiger partial charge is 0.384 e. The van der Waals surface area contributed by atoms with Gasteiger partial charge in [-0.1, -0.05) is 5.92 Å². The maximum absolute atomic E-state index is 11.0. The number of likely N-dealkylation sites (N-methyl/N-ethyl adjacent to an activating group) is 1. The zero-order chi connectivity index (χ0) is 11.7. The topological polar surface area (TPSA) is 26.3 Å². The lowest BCUT2D eigenvalue weighted by molar-refractivity contribution is -0.923. The van der Waals surface area contributed by atoms with Gasteiger partial charge in [-0.15, -0.1) is 0 Å². The van der Waals surface area contributed by atoms with E-state index in [4.69, 9.17) is 4.74 Å². The summed E-state index contributed by atoms with van der Waals surface area (Å²) in [5, 5.41) is 0. The molecular weight excluding hydrogens is 190 g/mol. The fourth-order valence-electron chi connectivity index (χ4n) is 1.62. The van der Waals surface area contributed by atoms with E-state index in [1.165, 1.54) is 0 Å². The van der Waals surface area contributed by atoms with Gasteiger partial charge in [-0.05, 0) is 27.7 Å². The third-order valence-corrected chi connectivity index (χ3v) is 3.04. The van der Waals surface area contributed by atoms with Gasteiger partial charge in [0.05, 0.1) is 19.6 Å². The van der Waals surface area contributed by atoms with E-state index in [1.54, 1.807) is 6.92 Å². The number of carbonyl (C=O) groups is 1. The van der Waals surface area contributed by atoms with Crippen LogP contribution in [0, 0.1) is 11.8 Å². The molecule has 0 rings (SSSR count). The molecule has 3 heteroatoms. The predicted molar refractivity (Wildman–Crippen MR) is 61.2 cm³/mol. The van der Waals surface area contributed by atoms with E-state index >= 15 is 0 Å². The van der Waals surface area contributed by atoms with Gasteiger partial charge in [0.25, 0.3) is 0 Å². The van der Waals surface area contributed by atoms with Crippen molar-refractivity contribution in [3.63, 3.8) is 0 Å². The van der Waals surface area contributed by atoms with Crippen molar-refractivity contribution in [2.24, 2.45) is 0 Å². The fourth-order valence-corrected chi connectivity index (χ4v) is 1.62. The number of rotatable bonds is 6. The summed E-state index contributed by atoms with van der Waals surface area (Å²) in [5.41, 5.74) is 0. The van der Waals surface area contributed by atoms with Gasteiger partial charge >= 0.3 is 5.97 Å². The molecule has 0 aromatic heterocycles. The van der Waals surface area contributed by atoms with Crippen LogP contribution >= 0.6 is 0 Å².